The number of carbonyl (C=O) groups is 1. The van der Waals surface area contributed by atoms with Gasteiger partial charge in [-0.2, -0.15) is 0 Å². The molecule has 0 spiro atoms. The zero-order chi connectivity index (χ0) is 11.3. The minimum Gasteiger partial charge on any atom is -0.462 e. The number of aryl methyl sites for hydroxylation is 1. The van der Waals surface area contributed by atoms with Crippen molar-refractivity contribution in [3.05, 3.63) is 18.2 Å². The van der Waals surface area contributed by atoms with E-state index in [1.165, 1.54) is 17.0 Å². The molecule has 0 radical (unpaired) electrons. The minimum atomic E-state index is -1.78. The molecule has 4 nitrogen and oxygen atoms in total. The van der Waals surface area contributed by atoms with Gasteiger partial charge in [-0.3, -0.25) is 4.57 Å². The molecule has 5 heteroatoms. The number of nitrogens with zero attached hydrogens (tertiary/aromatic N) is 2. The molecule has 0 aliphatic rings. The first-order chi connectivity index (χ1) is 7.20. The van der Waals surface area contributed by atoms with Crippen LogP contribution in [-0.2, 0) is 16.0 Å². The minimum absolute atomic E-state index is 0.178. The van der Waals surface area contributed by atoms with E-state index in [1.54, 1.807) is 6.92 Å². The highest BCUT2D eigenvalue weighted by molar-refractivity contribution is 5.72. The van der Waals surface area contributed by atoms with E-state index in [0.29, 0.717) is 12.2 Å². The number of alkyl halides is 1. The van der Waals surface area contributed by atoms with Gasteiger partial charge < -0.3 is 4.74 Å². The number of hydrogen-bond acceptors (Lipinski definition) is 3. The van der Waals surface area contributed by atoms with E-state index in [0.717, 1.165) is 6.42 Å². The molecule has 0 aromatic carbocycles. The second-order valence-corrected chi connectivity index (χ2v) is 3.09. The van der Waals surface area contributed by atoms with Gasteiger partial charge in [-0.25, -0.2) is 14.2 Å². The first kappa shape index (κ1) is 11.7. The number of halogens is 1. The third-order valence-corrected chi connectivity index (χ3v) is 1.95. The summed E-state index contributed by atoms with van der Waals surface area (Å²) in [6.45, 7) is 3.79. The zero-order valence-corrected chi connectivity index (χ0v) is 8.94. The van der Waals surface area contributed by atoms with Crippen LogP contribution in [0, 0.1) is 0 Å². The molecule has 1 aromatic rings. The predicted octanol–water partition coefficient (Wildman–Crippen LogP) is 1.87. The molecule has 0 N–H and O–H groups in total. The average molecular weight is 214 g/mol. The van der Waals surface area contributed by atoms with Crippen molar-refractivity contribution >= 4 is 5.97 Å². The Bertz CT molecular complexity index is 325. The molecule has 0 fully saturated rings. The molecule has 0 amide bonds. The van der Waals surface area contributed by atoms with E-state index >= 15 is 0 Å². The van der Waals surface area contributed by atoms with Gasteiger partial charge in [0.15, 0.2) is 0 Å². The summed E-state index contributed by atoms with van der Waals surface area (Å²) in [7, 11) is 0. The smallest absolute Gasteiger partial charge is 0.362 e. The second-order valence-electron chi connectivity index (χ2n) is 3.09. The Labute approximate surface area is 88.1 Å². The van der Waals surface area contributed by atoms with E-state index in [-0.39, 0.29) is 6.61 Å². The molecule has 1 unspecified atom stereocenters. The van der Waals surface area contributed by atoms with Crippen LogP contribution in [0.4, 0.5) is 4.39 Å². The standard InChI is InChI=1S/C10H15FN2O2/c1-3-5-8-12-6-7-13(8)9(11)10(14)15-4-2/h6-7,9H,3-5H2,1-2H3. The van der Waals surface area contributed by atoms with Crippen molar-refractivity contribution in [2.45, 2.75) is 33.0 Å². The lowest BCUT2D eigenvalue weighted by atomic mass is 10.3. The summed E-state index contributed by atoms with van der Waals surface area (Å²) in [6, 6.07) is 0. The molecule has 0 aliphatic carbocycles. The van der Waals surface area contributed by atoms with Crippen molar-refractivity contribution in [3.63, 3.8) is 0 Å². The molecule has 1 atom stereocenters. The molecule has 15 heavy (non-hydrogen) atoms. The predicted molar refractivity (Wildman–Crippen MR) is 53.0 cm³/mol. The van der Waals surface area contributed by atoms with Gasteiger partial charge in [-0.15, -0.1) is 0 Å². The number of ether oxygens (including phenoxy) is 1. The number of hydrogen-bond donors (Lipinski definition) is 0. The Morgan fingerprint density at radius 3 is 3.00 bits per heavy atom. The molecular formula is C10H15FN2O2. The lowest BCUT2D eigenvalue weighted by Gasteiger charge is -2.11. The molecule has 0 saturated carbocycles. The third kappa shape index (κ3) is 2.78. The monoisotopic (exact) mass is 214 g/mol. The van der Waals surface area contributed by atoms with E-state index in [4.69, 9.17) is 0 Å². The third-order valence-electron chi connectivity index (χ3n) is 1.95. The van der Waals surface area contributed by atoms with E-state index in [2.05, 4.69) is 9.72 Å². The van der Waals surface area contributed by atoms with Crippen LogP contribution in [-0.4, -0.2) is 22.1 Å². The van der Waals surface area contributed by atoms with Gasteiger partial charge in [-0.05, 0) is 13.3 Å². The molecular weight excluding hydrogens is 199 g/mol. The summed E-state index contributed by atoms with van der Waals surface area (Å²) < 4.78 is 19.4. The van der Waals surface area contributed by atoms with Crippen LogP contribution in [0.1, 0.15) is 32.4 Å². The molecule has 84 valence electrons. The topological polar surface area (TPSA) is 44.1 Å². The van der Waals surface area contributed by atoms with Gasteiger partial charge in [0.25, 0.3) is 6.30 Å². The van der Waals surface area contributed by atoms with Gasteiger partial charge in [0, 0.05) is 18.8 Å². The molecule has 0 aliphatic heterocycles. The Morgan fingerprint density at radius 2 is 2.40 bits per heavy atom. The van der Waals surface area contributed by atoms with Crippen LogP contribution in [0.2, 0.25) is 0 Å². The largest absolute Gasteiger partial charge is 0.462 e. The van der Waals surface area contributed by atoms with E-state index in [1.807, 2.05) is 6.92 Å². The van der Waals surface area contributed by atoms with Gasteiger partial charge in [0.2, 0.25) is 0 Å². The van der Waals surface area contributed by atoms with Crippen molar-refractivity contribution in [1.29, 1.82) is 0 Å². The maximum absolute atomic E-state index is 13.6. The molecule has 1 heterocycles. The molecule has 1 aromatic heterocycles. The second kappa shape index (κ2) is 5.48. The molecule has 1 rings (SSSR count). The number of aromatic nitrogens is 2. The highest BCUT2D eigenvalue weighted by atomic mass is 19.1. The van der Waals surface area contributed by atoms with Crippen molar-refractivity contribution in [2.75, 3.05) is 6.61 Å². The SMILES string of the molecule is CCCc1nccn1C(F)C(=O)OCC. The number of rotatable bonds is 5. The normalized spacial score (nSPS) is 12.5. The molecule has 0 bridgehead atoms. The fourth-order valence-corrected chi connectivity index (χ4v) is 1.29. The van der Waals surface area contributed by atoms with Crippen LogP contribution in [0.5, 0.6) is 0 Å². The van der Waals surface area contributed by atoms with Gasteiger partial charge in [0.05, 0.1) is 6.61 Å². The van der Waals surface area contributed by atoms with Crippen molar-refractivity contribution in [2.24, 2.45) is 0 Å². The summed E-state index contributed by atoms with van der Waals surface area (Å²) >= 11 is 0. The Kier molecular flexibility index (Phi) is 4.27. The summed E-state index contributed by atoms with van der Waals surface area (Å²) in [5.74, 6) is -0.300. The maximum Gasteiger partial charge on any atom is 0.362 e. The maximum atomic E-state index is 13.6. The van der Waals surface area contributed by atoms with Crippen molar-refractivity contribution in [3.8, 4) is 0 Å². The van der Waals surface area contributed by atoms with Gasteiger partial charge >= 0.3 is 5.97 Å². The summed E-state index contributed by atoms with van der Waals surface area (Å²) in [4.78, 5) is 15.1. The van der Waals surface area contributed by atoms with Gasteiger partial charge in [0.1, 0.15) is 5.82 Å². The summed E-state index contributed by atoms with van der Waals surface area (Å²) in [6.07, 6.45) is 2.65. The van der Waals surface area contributed by atoms with Crippen molar-refractivity contribution in [1.82, 2.24) is 9.55 Å². The number of esters is 1. The molecule has 0 saturated heterocycles. The van der Waals surface area contributed by atoms with Crippen molar-refractivity contribution < 1.29 is 13.9 Å². The van der Waals surface area contributed by atoms with E-state index in [9.17, 15) is 9.18 Å². The quantitative estimate of drug-likeness (QED) is 0.703. The van der Waals surface area contributed by atoms with Crippen LogP contribution in [0.25, 0.3) is 0 Å². The first-order valence-electron chi connectivity index (χ1n) is 5.03. The first-order valence-corrected chi connectivity index (χ1v) is 5.03. The lowest BCUT2D eigenvalue weighted by molar-refractivity contribution is -0.152. The van der Waals surface area contributed by atoms with Crippen LogP contribution >= 0.6 is 0 Å². The Hall–Kier alpha value is -1.39. The van der Waals surface area contributed by atoms with Crippen LogP contribution < -0.4 is 0 Å². The zero-order valence-electron chi connectivity index (χ0n) is 8.94. The lowest BCUT2D eigenvalue weighted by Crippen LogP contribution is -2.19. The number of carbonyl (C=O) groups excluding carboxylic acids is 1. The summed E-state index contributed by atoms with van der Waals surface area (Å²) in [5.41, 5.74) is 0. The summed E-state index contributed by atoms with van der Waals surface area (Å²) in [5, 5.41) is 0. The van der Waals surface area contributed by atoms with Crippen LogP contribution in [0.3, 0.4) is 0 Å². The van der Waals surface area contributed by atoms with Crippen LogP contribution in [0.15, 0.2) is 12.4 Å². The highest BCUT2D eigenvalue weighted by Crippen LogP contribution is 2.14. The Balaban J connectivity index is 2.76. The Morgan fingerprint density at radius 1 is 1.67 bits per heavy atom. The fourth-order valence-electron chi connectivity index (χ4n) is 1.29. The fraction of sp³-hybridized carbons (Fsp3) is 0.600. The van der Waals surface area contributed by atoms with E-state index < -0.39 is 12.3 Å². The van der Waals surface area contributed by atoms with Gasteiger partial charge in [-0.1, -0.05) is 6.92 Å². The number of imidazole rings is 1. The average Bonchev–Trinajstić information content (AvgIpc) is 2.66. The highest BCUT2D eigenvalue weighted by Gasteiger charge is 2.22.